The Labute approximate surface area is 262 Å². The van der Waals surface area contributed by atoms with Gasteiger partial charge < -0.3 is 29.7 Å². The van der Waals surface area contributed by atoms with Gasteiger partial charge in [-0.3, -0.25) is 14.4 Å². The number of amides is 3. The Morgan fingerprint density at radius 1 is 1.13 bits per heavy atom. The maximum Gasteiger partial charge on any atom is 0.389 e. The van der Waals surface area contributed by atoms with Crippen LogP contribution in [0.15, 0.2) is 48.5 Å². The first-order chi connectivity index (χ1) is 21.3. The highest BCUT2D eigenvalue weighted by Crippen LogP contribution is 2.29. The van der Waals surface area contributed by atoms with Crippen LogP contribution in [0.1, 0.15) is 73.6 Å². The average Bonchev–Trinajstić information content (AvgIpc) is 3.01. The lowest BCUT2D eigenvalue weighted by Crippen LogP contribution is -2.48. The molecule has 0 bridgehead atoms. The van der Waals surface area contributed by atoms with E-state index in [-0.39, 0.29) is 43.2 Å². The lowest BCUT2D eigenvalue weighted by molar-refractivity contribution is -0.149. The van der Waals surface area contributed by atoms with E-state index in [0.29, 0.717) is 36.4 Å². The number of aliphatic hydroxyl groups is 1. The monoisotopic (exact) mass is 635 g/mol. The normalized spacial score (nSPS) is 20.8. The molecule has 4 atom stereocenters. The van der Waals surface area contributed by atoms with Gasteiger partial charge in [0.15, 0.2) is 0 Å². The molecule has 45 heavy (non-hydrogen) atoms. The number of fused-ring (bicyclic) bond motifs is 1. The van der Waals surface area contributed by atoms with E-state index in [9.17, 15) is 32.7 Å². The molecule has 12 heteroatoms. The first-order valence-electron chi connectivity index (χ1n) is 15.3. The molecule has 1 aliphatic rings. The first-order valence-corrected chi connectivity index (χ1v) is 15.3. The maximum absolute atomic E-state index is 14.2. The van der Waals surface area contributed by atoms with Crippen molar-refractivity contribution in [3.63, 3.8) is 0 Å². The van der Waals surface area contributed by atoms with Crippen LogP contribution in [0.2, 0.25) is 0 Å². The Hall–Kier alpha value is -3.64. The van der Waals surface area contributed by atoms with Crippen molar-refractivity contribution in [1.82, 2.24) is 9.80 Å². The fourth-order valence-electron chi connectivity index (χ4n) is 5.07. The summed E-state index contributed by atoms with van der Waals surface area (Å²) in [6.07, 6.45) is -5.03. The van der Waals surface area contributed by atoms with Gasteiger partial charge in [0.1, 0.15) is 5.75 Å². The van der Waals surface area contributed by atoms with Crippen molar-refractivity contribution in [1.29, 1.82) is 0 Å². The zero-order valence-electron chi connectivity index (χ0n) is 26.3. The summed E-state index contributed by atoms with van der Waals surface area (Å²) in [7, 11) is 1.44. The molecule has 3 rings (SSSR count). The Bertz CT molecular complexity index is 1280. The van der Waals surface area contributed by atoms with Gasteiger partial charge in [0, 0.05) is 50.3 Å². The molecule has 2 N–H and O–H groups in total. The van der Waals surface area contributed by atoms with E-state index < -0.39 is 43.0 Å². The number of hydrogen-bond acceptors (Lipinski definition) is 6. The molecule has 0 unspecified atom stereocenters. The molecule has 2 aromatic carbocycles. The summed E-state index contributed by atoms with van der Waals surface area (Å²) in [6.45, 7) is 5.61. The van der Waals surface area contributed by atoms with Crippen molar-refractivity contribution >= 4 is 23.4 Å². The number of hydrogen-bond donors (Lipinski definition) is 2. The van der Waals surface area contributed by atoms with Gasteiger partial charge in [-0.15, -0.1) is 0 Å². The standard InChI is InChI=1S/C33H44F3N3O6/c1-22-19-39(23(2)21-40)32(43)27-18-26(37-31(42)25-11-6-5-7-12-25)13-14-28(27)45-24(3)10-8-9-17-44-29(22)20-38(4)30(41)15-16-33(34,35)36/h5-7,11-14,18,22-24,29,40H,8-10,15-17,19-21H2,1-4H3,(H,37,42)/t22-,23-,24+,29-/m0/s1. The molecule has 0 aromatic heterocycles. The third-order valence-corrected chi connectivity index (χ3v) is 7.85. The van der Waals surface area contributed by atoms with Crippen LogP contribution in [0.3, 0.4) is 0 Å². The van der Waals surface area contributed by atoms with Crippen LogP contribution in [0.4, 0.5) is 18.9 Å². The van der Waals surface area contributed by atoms with E-state index in [1.54, 1.807) is 55.5 Å². The summed E-state index contributed by atoms with van der Waals surface area (Å²) < 4.78 is 50.5. The highest BCUT2D eigenvalue weighted by molar-refractivity contribution is 6.05. The fourth-order valence-corrected chi connectivity index (χ4v) is 5.07. The van der Waals surface area contributed by atoms with Crippen LogP contribution >= 0.6 is 0 Å². The molecule has 248 valence electrons. The molecule has 1 aliphatic heterocycles. The van der Waals surface area contributed by atoms with E-state index in [2.05, 4.69) is 5.32 Å². The van der Waals surface area contributed by atoms with Gasteiger partial charge in [0.2, 0.25) is 5.91 Å². The zero-order chi connectivity index (χ0) is 33.1. The second-order valence-corrected chi connectivity index (χ2v) is 11.7. The number of nitrogens with one attached hydrogen (secondary N) is 1. The van der Waals surface area contributed by atoms with Gasteiger partial charge in [-0.2, -0.15) is 13.2 Å². The number of likely N-dealkylation sites (N-methyl/N-ethyl adjacent to an activating group) is 1. The molecule has 0 aliphatic carbocycles. The quantitative estimate of drug-likeness (QED) is 0.395. The maximum atomic E-state index is 14.2. The van der Waals surface area contributed by atoms with Crippen LogP contribution < -0.4 is 10.1 Å². The second kappa shape index (κ2) is 16.6. The van der Waals surface area contributed by atoms with Crippen molar-refractivity contribution in [2.45, 2.75) is 77.3 Å². The predicted octanol–water partition coefficient (Wildman–Crippen LogP) is 5.54. The van der Waals surface area contributed by atoms with Crippen LogP contribution in [-0.2, 0) is 9.53 Å². The molecular formula is C33H44F3N3O6. The highest BCUT2D eigenvalue weighted by atomic mass is 19.4. The summed E-state index contributed by atoms with van der Waals surface area (Å²) in [5.74, 6) is -1.46. The number of halogens is 3. The topological polar surface area (TPSA) is 108 Å². The SMILES string of the molecule is C[C@@H]1CCCCO[C@@H](CN(C)C(=O)CCC(F)(F)F)[C@@H](C)CN([C@@H](C)CO)C(=O)c2cc(NC(=O)c3ccccc3)ccc2O1. The Kier molecular flexibility index (Phi) is 13.2. The number of rotatable bonds is 8. The number of benzene rings is 2. The van der Waals surface area contributed by atoms with Crippen LogP contribution in [-0.4, -0.2) is 90.4 Å². The fraction of sp³-hybridized carbons (Fsp3) is 0.545. The van der Waals surface area contributed by atoms with Gasteiger partial charge in [-0.1, -0.05) is 25.1 Å². The molecule has 3 amide bonds. The van der Waals surface area contributed by atoms with Crippen LogP contribution in [0, 0.1) is 5.92 Å². The molecule has 0 spiro atoms. The van der Waals surface area contributed by atoms with E-state index in [1.165, 1.54) is 16.8 Å². The van der Waals surface area contributed by atoms with Gasteiger partial charge in [-0.05, 0) is 63.4 Å². The molecular weight excluding hydrogens is 591 g/mol. The number of ether oxygens (including phenoxy) is 2. The summed E-state index contributed by atoms with van der Waals surface area (Å²) in [6, 6.07) is 12.9. The van der Waals surface area contributed by atoms with Crippen molar-refractivity contribution < 1.29 is 42.1 Å². The van der Waals surface area contributed by atoms with Crippen molar-refractivity contribution in [2.24, 2.45) is 5.92 Å². The van der Waals surface area contributed by atoms with Crippen LogP contribution in [0.5, 0.6) is 5.75 Å². The molecule has 0 radical (unpaired) electrons. The zero-order valence-corrected chi connectivity index (χ0v) is 26.3. The van der Waals surface area contributed by atoms with Gasteiger partial charge in [0.05, 0.1) is 36.8 Å². The highest BCUT2D eigenvalue weighted by Gasteiger charge is 2.32. The smallest absolute Gasteiger partial charge is 0.389 e. The first kappa shape index (κ1) is 35.8. The molecule has 9 nitrogen and oxygen atoms in total. The largest absolute Gasteiger partial charge is 0.490 e. The van der Waals surface area contributed by atoms with E-state index in [4.69, 9.17) is 9.47 Å². The van der Waals surface area contributed by atoms with Gasteiger partial charge in [-0.25, -0.2) is 0 Å². The number of aliphatic hydroxyl groups excluding tert-OH is 1. The molecule has 0 fully saturated rings. The number of nitrogens with zero attached hydrogens (tertiary/aromatic N) is 2. The van der Waals surface area contributed by atoms with E-state index in [0.717, 1.165) is 6.42 Å². The minimum absolute atomic E-state index is 0.0408. The number of carbonyl (C=O) groups is 3. The van der Waals surface area contributed by atoms with E-state index in [1.807, 2.05) is 13.8 Å². The van der Waals surface area contributed by atoms with Gasteiger partial charge >= 0.3 is 6.18 Å². The lowest BCUT2D eigenvalue weighted by atomic mass is 10.0. The number of alkyl halides is 3. The molecule has 0 saturated carbocycles. The third-order valence-electron chi connectivity index (χ3n) is 7.85. The average molecular weight is 636 g/mol. The second-order valence-electron chi connectivity index (χ2n) is 11.7. The number of anilines is 1. The Morgan fingerprint density at radius 3 is 2.51 bits per heavy atom. The number of carbonyl (C=O) groups excluding carboxylic acids is 3. The summed E-state index contributed by atoms with van der Waals surface area (Å²) in [4.78, 5) is 42.3. The Morgan fingerprint density at radius 2 is 1.84 bits per heavy atom. The van der Waals surface area contributed by atoms with Crippen molar-refractivity contribution in [3.8, 4) is 5.75 Å². The van der Waals surface area contributed by atoms with Gasteiger partial charge in [0.25, 0.3) is 11.8 Å². The lowest BCUT2D eigenvalue weighted by Gasteiger charge is -2.36. The Balaban J connectivity index is 1.91. The predicted molar refractivity (Wildman–Crippen MR) is 164 cm³/mol. The van der Waals surface area contributed by atoms with Crippen molar-refractivity contribution in [2.75, 3.05) is 38.7 Å². The minimum Gasteiger partial charge on any atom is -0.490 e. The van der Waals surface area contributed by atoms with Crippen LogP contribution in [0.25, 0.3) is 0 Å². The third kappa shape index (κ3) is 11.0. The summed E-state index contributed by atoms with van der Waals surface area (Å²) >= 11 is 0. The molecule has 1 heterocycles. The van der Waals surface area contributed by atoms with E-state index >= 15 is 0 Å². The van der Waals surface area contributed by atoms with Crippen molar-refractivity contribution in [3.05, 3.63) is 59.7 Å². The summed E-state index contributed by atoms with van der Waals surface area (Å²) in [5.41, 5.74) is 1.04. The molecule has 0 saturated heterocycles. The molecule has 2 aromatic rings. The minimum atomic E-state index is -4.44. The summed E-state index contributed by atoms with van der Waals surface area (Å²) in [5, 5.41) is 12.9.